The maximum atomic E-state index is 11.7. The lowest BCUT2D eigenvalue weighted by Crippen LogP contribution is -2.13. The summed E-state index contributed by atoms with van der Waals surface area (Å²) in [6.45, 7) is 6.01. The summed E-state index contributed by atoms with van der Waals surface area (Å²) in [4.78, 5) is 11.7. The van der Waals surface area contributed by atoms with Gasteiger partial charge in [0, 0.05) is 5.56 Å². The van der Waals surface area contributed by atoms with Crippen molar-refractivity contribution in [2.45, 2.75) is 46.0 Å². The van der Waals surface area contributed by atoms with Gasteiger partial charge in [-0.2, -0.15) is 0 Å². The molecule has 0 heterocycles. The van der Waals surface area contributed by atoms with E-state index in [-0.39, 0.29) is 11.7 Å². The Hall–Kier alpha value is -1.51. The molecule has 0 bridgehead atoms. The highest BCUT2D eigenvalue weighted by atomic mass is 16.5. The number of aryl methyl sites for hydroxylation is 1. The maximum absolute atomic E-state index is 11.7. The van der Waals surface area contributed by atoms with Crippen LogP contribution in [-0.4, -0.2) is 17.7 Å². The van der Waals surface area contributed by atoms with E-state index in [0.717, 1.165) is 24.8 Å². The molecular formula is C15H22O3. The van der Waals surface area contributed by atoms with Crippen molar-refractivity contribution in [3.8, 4) is 5.75 Å². The average molecular weight is 250 g/mol. The van der Waals surface area contributed by atoms with Gasteiger partial charge in [0.05, 0.1) is 12.5 Å². The van der Waals surface area contributed by atoms with Crippen molar-refractivity contribution in [3.63, 3.8) is 0 Å². The van der Waals surface area contributed by atoms with Gasteiger partial charge in [-0.15, -0.1) is 0 Å². The molecule has 0 aliphatic heterocycles. The molecule has 0 aromatic heterocycles. The summed E-state index contributed by atoms with van der Waals surface area (Å²) in [7, 11) is 0. The molecule has 1 unspecified atom stereocenters. The number of benzene rings is 1. The van der Waals surface area contributed by atoms with Crippen LogP contribution >= 0.6 is 0 Å². The molecule has 1 atom stereocenters. The van der Waals surface area contributed by atoms with Crippen LogP contribution in [0.2, 0.25) is 0 Å². The first-order valence-corrected chi connectivity index (χ1v) is 6.59. The number of para-hydroxylation sites is 1. The van der Waals surface area contributed by atoms with Crippen LogP contribution in [0.25, 0.3) is 0 Å². The predicted molar refractivity (Wildman–Crippen MR) is 71.8 cm³/mol. The topological polar surface area (TPSA) is 46.5 Å². The molecule has 1 aromatic rings. The second-order valence-electron chi connectivity index (χ2n) is 4.43. The lowest BCUT2D eigenvalue weighted by molar-refractivity contribution is -0.144. The van der Waals surface area contributed by atoms with Crippen LogP contribution < -0.4 is 0 Å². The number of carbonyl (C=O) groups excluding carboxylic acids is 1. The molecule has 0 fully saturated rings. The molecule has 100 valence electrons. The largest absolute Gasteiger partial charge is 0.507 e. The number of unbranched alkanes of at least 4 members (excludes halogenated alkanes) is 1. The van der Waals surface area contributed by atoms with Crippen molar-refractivity contribution in [3.05, 3.63) is 29.3 Å². The van der Waals surface area contributed by atoms with E-state index in [9.17, 15) is 9.90 Å². The Balaban J connectivity index is 2.91. The lowest BCUT2D eigenvalue weighted by atomic mass is 9.95. The number of aromatic hydroxyl groups is 1. The highest BCUT2D eigenvalue weighted by Gasteiger charge is 2.20. The Bertz CT molecular complexity index is 399. The molecule has 0 amide bonds. The van der Waals surface area contributed by atoms with Crippen molar-refractivity contribution in [1.82, 2.24) is 0 Å². The molecule has 0 aliphatic rings. The van der Waals surface area contributed by atoms with E-state index in [1.54, 1.807) is 19.9 Å². The van der Waals surface area contributed by atoms with Crippen molar-refractivity contribution in [2.75, 3.05) is 6.61 Å². The van der Waals surface area contributed by atoms with Gasteiger partial charge in [0.15, 0.2) is 0 Å². The second kappa shape index (κ2) is 7.04. The van der Waals surface area contributed by atoms with Crippen LogP contribution in [0.1, 0.15) is 50.7 Å². The van der Waals surface area contributed by atoms with Crippen molar-refractivity contribution < 1.29 is 14.6 Å². The standard InChI is InChI=1S/C15H22O3/c1-4-6-8-12-9-7-10-13(14(12)16)11(3)15(17)18-5-2/h7,9-11,16H,4-6,8H2,1-3H3. The molecule has 3 nitrogen and oxygen atoms in total. The van der Waals surface area contributed by atoms with E-state index >= 15 is 0 Å². The first kappa shape index (κ1) is 14.6. The fourth-order valence-corrected chi connectivity index (χ4v) is 1.92. The van der Waals surface area contributed by atoms with Gasteiger partial charge in [0.2, 0.25) is 0 Å². The van der Waals surface area contributed by atoms with Crippen LogP contribution in [0.4, 0.5) is 0 Å². The van der Waals surface area contributed by atoms with E-state index in [1.807, 2.05) is 12.1 Å². The van der Waals surface area contributed by atoms with Crippen LogP contribution in [-0.2, 0) is 16.0 Å². The number of hydrogen-bond donors (Lipinski definition) is 1. The van der Waals surface area contributed by atoms with Gasteiger partial charge < -0.3 is 9.84 Å². The molecule has 0 aliphatic carbocycles. The first-order valence-electron chi connectivity index (χ1n) is 6.59. The summed E-state index contributed by atoms with van der Waals surface area (Å²) in [5.74, 6) is -0.474. The molecule has 1 rings (SSSR count). The zero-order valence-electron chi connectivity index (χ0n) is 11.4. The predicted octanol–water partition coefficient (Wildman–Crippen LogP) is 3.40. The zero-order chi connectivity index (χ0) is 13.5. The maximum Gasteiger partial charge on any atom is 0.313 e. The van der Waals surface area contributed by atoms with Crippen LogP contribution in [0.5, 0.6) is 5.75 Å². The van der Waals surface area contributed by atoms with E-state index in [1.165, 1.54) is 0 Å². The van der Waals surface area contributed by atoms with Gasteiger partial charge in [0.25, 0.3) is 0 Å². The van der Waals surface area contributed by atoms with Gasteiger partial charge in [-0.3, -0.25) is 4.79 Å². The molecule has 0 spiro atoms. The van der Waals surface area contributed by atoms with Gasteiger partial charge >= 0.3 is 5.97 Å². The fraction of sp³-hybridized carbons (Fsp3) is 0.533. The molecule has 1 N–H and O–H groups in total. The lowest BCUT2D eigenvalue weighted by Gasteiger charge is -2.14. The Morgan fingerprint density at radius 3 is 2.72 bits per heavy atom. The molecule has 0 saturated carbocycles. The highest BCUT2D eigenvalue weighted by molar-refractivity contribution is 5.78. The number of esters is 1. The van der Waals surface area contributed by atoms with Crippen LogP contribution in [0, 0.1) is 0 Å². The van der Waals surface area contributed by atoms with Crippen LogP contribution in [0.15, 0.2) is 18.2 Å². The number of carbonyl (C=O) groups is 1. The highest BCUT2D eigenvalue weighted by Crippen LogP contribution is 2.30. The van der Waals surface area contributed by atoms with E-state index in [4.69, 9.17) is 4.74 Å². The number of ether oxygens (including phenoxy) is 1. The summed E-state index contributed by atoms with van der Waals surface area (Å²) < 4.78 is 4.98. The smallest absolute Gasteiger partial charge is 0.313 e. The molecule has 3 heteroatoms. The number of rotatable bonds is 6. The molecular weight excluding hydrogens is 228 g/mol. The zero-order valence-corrected chi connectivity index (χ0v) is 11.4. The van der Waals surface area contributed by atoms with Crippen molar-refractivity contribution >= 4 is 5.97 Å². The van der Waals surface area contributed by atoms with E-state index in [2.05, 4.69) is 6.92 Å². The number of phenolic OH excluding ortho intramolecular Hbond substituents is 1. The summed E-state index contributed by atoms with van der Waals surface area (Å²) in [6.07, 6.45) is 2.95. The minimum absolute atomic E-state index is 0.242. The Morgan fingerprint density at radius 1 is 1.39 bits per heavy atom. The van der Waals surface area contributed by atoms with Gasteiger partial charge in [0.1, 0.15) is 5.75 Å². The van der Waals surface area contributed by atoms with Crippen molar-refractivity contribution in [2.24, 2.45) is 0 Å². The first-order chi connectivity index (χ1) is 8.61. The third-order valence-electron chi connectivity index (χ3n) is 3.06. The van der Waals surface area contributed by atoms with Gasteiger partial charge in [-0.1, -0.05) is 31.5 Å². The number of hydrogen-bond acceptors (Lipinski definition) is 3. The Morgan fingerprint density at radius 2 is 2.11 bits per heavy atom. The Labute approximate surface area is 109 Å². The van der Waals surface area contributed by atoms with Crippen molar-refractivity contribution in [1.29, 1.82) is 0 Å². The second-order valence-corrected chi connectivity index (χ2v) is 4.43. The monoisotopic (exact) mass is 250 g/mol. The van der Waals surface area contributed by atoms with E-state index in [0.29, 0.717) is 12.2 Å². The summed E-state index contributed by atoms with van der Waals surface area (Å²) >= 11 is 0. The molecule has 18 heavy (non-hydrogen) atoms. The minimum atomic E-state index is -0.425. The molecule has 1 aromatic carbocycles. The third-order valence-corrected chi connectivity index (χ3v) is 3.06. The van der Waals surface area contributed by atoms with Gasteiger partial charge in [-0.05, 0) is 32.3 Å². The molecule has 0 radical (unpaired) electrons. The average Bonchev–Trinajstić information content (AvgIpc) is 2.37. The normalized spacial score (nSPS) is 12.2. The summed E-state index contributed by atoms with van der Waals surface area (Å²) in [6, 6.07) is 5.58. The summed E-state index contributed by atoms with van der Waals surface area (Å²) in [5.41, 5.74) is 1.56. The fourth-order valence-electron chi connectivity index (χ4n) is 1.92. The quantitative estimate of drug-likeness (QED) is 0.787. The van der Waals surface area contributed by atoms with Gasteiger partial charge in [-0.25, -0.2) is 0 Å². The third kappa shape index (κ3) is 3.49. The minimum Gasteiger partial charge on any atom is -0.507 e. The van der Waals surface area contributed by atoms with E-state index < -0.39 is 5.92 Å². The Kier molecular flexibility index (Phi) is 5.69. The van der Waals surface area contributed by atoms with Crippen LogP contribution in [0.3, 0.4) is 0 Å². The molecule has 0 saturated heterocycles. The number of phenols is 1. The summed E-state index contributed by atoms with van der Waals surface area (Å²) in [5, 5.41) is 10.2. The SMILES string of the molecule is CCCCc1cccc(C(C)C(=O)OCC)c1O.